The van der Waals surface area contributed by atoms with Gasteiger partial charge in [-0.2, -0.15) is 0 Å². The minimum absolute atomic E-state index is 0.0604. The summed E-state index contributed by atoms with van der Waals surface area (Å²) in [5.41, 5.74) is 6.99. The number of halogens is 1. The van der Waals surface area contributed by atoms with Gasteiger partial charge in [-0.1, -0.05) is 18.2 Å². The molecule has 0 atom stereocenters. The molecule has 0 saturated carbocycles. The summed E-state index contributed by atoms with van der Waals surface area (Å²) >= 11 is 0. The second-order valence-corrected chi connectivity index (χ2v) is 6.84. The number of anilines is 2. The zero-order valence-corrected chi connectivity index (χ0v) is 15.8. The van der Waals surface area contributed by atoms with Crippen LogP contribution >= 0.6 is 0 Å². The molecule has 0 unspecified atom stereocenters. The Morgan fingerprint density at radius 1 is 0.964 bits per heavy atom. The Balaban J connectivity index is 1.60. The largest absolute Gasteiger partial charge is 0.370 e. The maximum Gasteiger partial charge on any atom is 0.241 e. The first-order valence-corrected chi connectivity index (χ1v) is 9.39. The lowest BCUT2D eigenvalue weighted by atomic mass is 10.2. The smallest absolute Gasteiger partial charge is 0.241 e. The molecule has 1 saturated heterocycles. The number of nitrogens with two attached hydrogens (primary N) is 1. The summed E-state index contributed by atoms with van der Waals surface area (Å²) in [6, 6.07) is 15.9. The van der Waals surface area contributed by atoms with Crippen molar-refractivity contribution >= 4 is 23.2 Å². The molecule has 1 aliphatic heterocycles. The summed E-state index contributed by atoms with van der Waals surface area (Å²) in [6.45, 7) is 3.66. The Kier molecular flexibility index (Phi) is 6.60. The molecule has 28 heavy (non-hydrogen) atoms. The Hall–Kier alpha value is -2.93. The number of nitrogens with zero attached hydrogens (tertiary/aromatic N) is 3. The zero-order valence-electron chi connectivity index (χ0n) is 15.8. The maximum atomic E-state index is 13.2. The zero-order chi connectivity index (χ0) is 19.9. The number of rotatable bonds is 7. The van der Waals surface area contributed by atoms with E-state index in [-0.39, 0.29) is 31.2 Å². The van der Waals surface area contributed by atoms with Crippen molar-refractivity contribution in [3.05, 3.63) is 60.4 Å². The van der Waals surface area contributed by atoms with Crippen molar-refractivity contribution < 1.29 is 14.0 Å². The molecule has 2 N–H and O–H groups in total. The van der Waals surface area contributed by atoms with Crippen LogP contribution in [0.2, 0.25) is 0 Å². The molecule has 1 heterocycles. The molecule has 3 rings (SSSR count). The second kappa shape index (κ2) is 9.32. The highest BCUT2D eigenvalue weighted by molar-refractivity contribution is 5.95. The molecule has 0 bridgehead atoms. The number of carbonyl (C=O) groups excluding carboxylic acids is 2. The number of piperazine rings is 1. The van der Waals surface area contributed by atoms with E-state index in [1.807, 2.05) is 18.2 Å². The van der Waals surface area contributed by atoms with Gasteiger partial charge in [-0.05, 0) is 36.4 Å². The van der Waals surface area contributed by atoms with Gasteiger partial charge in [0, 0.05) is 50.5 Å². The fourth-order valence-corrected chi connectivity index (χ4v) is 3.32. The first kappa shape index (κ1) is 19.8. The molecule has 6 nitrogen and oxygen atoms in total. The topological polar surface area (TPSA) is 69.9 Å². The van der Waals surface area contributed by atoms with Crippen LogP contribution in [0.25, 0.3) is 0 Å². The number of hydrogen-bond donors (Lipinski definition) is 1. The van der Waals surface area contributed by atoms with E-state index in [4.69, 9.17) is 5.73 Å². The molecule has 0 aromatic heterocycles. The van der Waals surface area contributed by atoms with Crippen LogP contribution in [0, 0.1) is 5.82 Å². The number of primary amides is 1. The third kappa shape index (κ3) is 5.29. The van der Waals surface area contributed by atoms with Crippen molar-refractivity contribution in [3.8, 4) is 0 Å². The summed E-state index contributed by atoms with van der Waals surface area (Å²) in [4.78, 5) is 30.0. The van der Waals surface area contributed by atoms with E-state index in [1.165, 1.54) is 22.7 Å². The van der Waals surface area contributed by atoms with Crippen molar-refractivity contribution in [2.45, 2.75) is 6.42 Å². The molecule has 148 valence electrons. The molecular formula is C21H25FN4O2. The van der Waals surface area contributed by atoms with E-state index in [1.54, 1.807) is 12.1 Å². The van der Waals surface area contributed by atoms with Gasteiger partial charge in [0.05, 0.1) is 6.54 Å². The summed E-state index contributed by atoms with van der Waals surface area (Å²) < 4.78 is 13.2. The number of para-hydroxylation sites is 1. The van der Waals surface area contributed by atoms with Gasteiger partial charge in [0.15, 0.2) is 0 Å². The van der Waals surface area contributed by atoms with Crippen LogP contribution in [-0.2, 0) is 9.59 Å². The van der Waals surface area contributed by atoms with Crippen LogP contribution in [0.15, 0.2) is 54.6 Å². The Morgan fingerprint density at radius 3 is 2.21 bits per heavy atom. The Labute approximate surface area is 164 Å². The Bertz CT molecular complexity index is 790. The van der Waals surface area contributed by atoms with Gasteiger partial charge < -0.3 is 15.5 Å². The van der Waals surface area contributed by atoms with Gasteiger partial charge in [-0.15, -0.1) is 0 Å². The van der Waals surface area contributed by atoms with Crippen LogP contribution in [0.1, 0.15) is 6.42 Å². The minimum atomic E-state index is -0.476. The van der Waals surface area contributed by atoms with Gasteiger partial charge in [0.2, 0.25) is 11.8 Å². The van der Waals surface area contributed by atoms with Crippen molar-refractivity contribution in [2.24, 2.45) is 5.73 Å². The van der Waals surface area contributed by atoms with Crippen LogP contribution in [0.3, 0.4) is 0 Å². The summed E-state index contributed by atoms with van der Waals surface area (Å²) in [7, 11) is 0. The fourth-order valence-electron chi connectivity index (χ4n) is 3.32. The van der Waals surface area contributed by atoms with Crippen molar-refractivity contribution in [3.63, 3.8) is 0 Å². The predicted molar refractivity (Wildman–Crippen MR) is 108 cm³/mol. The lowest BCUT2D eigenvalue weighted by molar-refractivity contribution is -0.120. The van der Waals surface area contributed by atoms with Gasteiger partial charge in [-0.25, -0.2) is 4.39 Å². The SMILES string of the molecule is NC(=O)CCN(C(=O)CN1CCN(c2ccccc2)CC1)c1ccc(F)cc1. The van der Waals surface area contributed by atoms with Crippen molar-refractivity contribution in [1.82, 2.24) is 4.90 Å². The first-order chi connectivity index (χ1) is 13.5. The molecule has 2 aromatic rings. The van der Waals surface area contributed by atoms with Gasteiger partial charge >= 0.3 is 0 Å². The number of carbonyl (C=O) groups is 2. The van der Waals surface area contributed by atoms with E-state index < -0.39 is 5.91 Å². The third-order valence-electron chi connectivity index (χ3n) is 4.87. The van der Waals surface area contributed by atoms with Crippen LogP contribution in [0.5, 0.6) is 0 Å². The molecule has 2 aromatic carbocycles. The van der Waals surface area contributed by atoms with E-state index in [2.05, 4.69) is 21.9 Å². The molecule has 0 spiro atoms. The molecule has 0 aliphatic carbocycles. The van der Waals surface area contributed by atoms with E-state index >= 15 is 0 Å². The van der Waals surface area contributed by atoms with E-state index in [0.717, 1.165) is 26.2 Å². The first-order valence-electron chi connectivity index (χ1n) is 9.39. The van der Waals surface area contributed by atoms with Crippen molar-refractivity contribution in [2.75, 3.05) is 49.1 Å². The quantitative estimate of drug-likeness (QED) is 0.791. The lowest BCUT2D eigenvalue weighted by Crippen LogP contribution is -2.50. The monoisotopic (exact) mass is 384 g/mol. The fraction of sp³-hybridized carbons (Fsp3) is 0.333. The molecular weight excluding hydrogens is 359 g/mol. The van der Waals surface area contributed by atoms with Gasteiger partial charge in [0.25, 0.3) is 0 Å². The number of benzene rings is 2. The highest BCUT2D eigenvalue weighted by Crippen LogP contribution is 2.18. The summed E-state index contributed by atoms with van der Waals surface area (Å²) in [5, 5.41) is 0. The van der Waals surface area contributed by atoms with Gasteiger partial charge in [0.1, 0.15) is 5.82 Å². The Morgan fingerprint density at radius 2 is 1.61 bits per heavy atom. The highest BCUT2D eigenvalue weighted by Gasteiger charge is 2.23. The molecule has 2 amide bonds. The third-order valence-corrected chi connectivity index (χ3v) is 4.87. The average Bonchev–Trinajstić information content (AvgIpc) is 2.70. The molecule has 1 aliphatic rings. The maximum absolute atomic E-state index is 13.2. The number of amides is 2. The lowest BCUT2D eigenvalue weighted by Gasteiger charge is -2.36. The average molecular weight is 384 g/mol. The van der Waals surface area contributed by atoms with Crippen LogP contribution in [0.4, 0.5) is 15.8 Å². The van der Waals surface area contributed by atoms with Crippen molar-refractivity contribution in [1.29, 1.82) is 0 Å². The van der Waals surface area contributed by atoms with Crippen LogP contribution < -0.4 is 15.5 Å². The summed E-state index contributed by atoms with van der Waals surface area (Å²) in [5.74, 6) is -0.972. The second-order valence-electron chi connectivity index (χ2n) is 6.84. The molecule has 0 radical (unpaired) electrons. The highest BCUT2D eigenvalue weighted by atomic mass is 19.1. The predicted octanol–water partition coefficient (Wildman–Crippen LogP) is 1.86. The van der Waals surface area contributed by atoms with E-state index in [0.29, 0.717) is 5.69 Å². The van der Waals surface area contributed by atoms with E-state index in [9.17, 15) is 14.0 Å². The molecule has 1 fully saturated rings. The normalized spacial score (nSPS) is 14.7. The van der Waals surface area contributed by atoms with Crippen LogP contribution in [-0.4, -0.2) is 56.0 Å². The molecule has 7 heteroatoms. The minimum Gasteiger partial charge on any atom is -0.370 e. The summed E-state index contributed by atoms with van der Waals surface area (Å²) in [6.07, 6.45) is 0.0604. The number of hydrogen-bond acceptors (Lipinski definition) is 4. The standard InChI is InChI=1S/C21H25FN4O2/c22-17-6-8-19(9-7-17)26(11-10-20(23)27)21(28)16-24-12-14-25(15-13-24)18-4-2-1-3-5-18/h1-9H,10-16H2,(H2,23,27). The van der Waals surface area contributed by atoms with Gasteiger partial charge in [-0.3, -0.25) is 14.5 Å².